The molecule has 0 bridgehead atoms. The topological polar surface area (TPSA) is 328 Å². The van der Waals surface area contributed by atoms with Crippen LogP contribution in [0.1, 0.15) is 6.92 Å². The third kappa shape index (κ3) is 6.97. The number of benzene rings is 2. The standard InChI is InChI=1S/C32H38O20/c1-9-19(38)23(42)26(45)31(47-9)48-11-5-14(36)18-16(6-11)49-27(10-2-3-12(34)13(35)4-10)28(22(18)41)51-32-29(24(43)21(40)17(7-33)50-32)52-30-25(44)20(39)15(37)8-46-30/h2-6,9,15,17,19-21,23-26,29-40,42-45H,7-8H2,1H3/t9-,15-,17+,19-,20-,21+,23-,24+,25-,26-,29-,30+,31-,32-/m0/s1. The second kappa shape index (κ2) is 14.9. The first-order chi connectivity index (χ1) is 24.6. The molecule has 4 heterocycles. The molecule has 3 aromatic rings. The van der Waals surface area contributed by atoms with Gasteiger partial charge in [0.05, 0.1) is 19.3 Å². The lowest BCUT2D eigenvalue weighted by Crippen LogP contribution is -2.64. The van der Waals surface area contributed by atoms with Crippen LogP contribution in [0.2, 0.25) is 0 Å². The van der Waals surface area contributed by atoms with Crippen LogP contribution in [0.25, 0.3) is 22.3 Å². The number of aliphatic hydroxyl groups excluding tert-OH is 9. The number of ether oxygens (including phenoxy) is 6. The van der Waals surface area contributed by atoms with Crippen LogP contribution < -0.4 is 14.9 Å². The van der Waals surface area contributed by atoms with Gasteiger partial charge in [-0.2, -0.15) is 0 Å². The van der Waals surface area contributed by atoms with Gasteiger partial charge in [-0.3, -0.25) is 4.79 Å². The normalized spacial score (nSPS) is 36.8. The number of phenols is 3. The van der Waals surface area contributed by atoms with E-state index < -0.39 is 139 Å². The van der Waals surface area contributed by atoms with E-state index in [2.05, 4.69) is 0 Å². The fourth-order valence-corrected chi connectivity index (χ4v) is 6.00. The van der Waals surface area contributed by atoms with Gasteiger partial charge in [-0.05, 0) is 25.1 Å². The third-order valence-electron chi connectivity index (χ3n) is 9.01. The summed E-state index contributed by atoms with van der Waals surface area (Å²) in [6.07, 6.45) is -23.3. The summed E-state index contributed by atoms with van der Waals surface area (Å²) >= 11 is 0. The molecule has 286 valence electrons. The second-order valence-electron chi connectivity index (χ2n) is 12.6. The van der Waals surface area contributed by atoms with E-state index in [0.717, 1.165) is 24.3 Å². The minimum atomic E-state index is -1.96. The lowest BCUT2D eigenvalue weighted by molar-refractivity contribution is -0.345. The monoisotopic (exact) mass is 742 g/mol. The van der Waals surface area contributed by atoms with E-state index in [0.29, 0.717) is 0 Å². The van der Waals surface area contributed by atoms with Crippen molar-refractivity contribution in [2.45, 2.75) is 92.9 Å². The van der Waals surface area contributed by atoms with Crippen LogP contribution >= 0.6 is 0 Å². The average molecular weight is 743 g/mol. The van der Waals surface area contributed by atoms with Gasteiger partial charge in [0.2, 0.25) is 23.8 Å². The van der Waals surface area contributed by atoms with E-state index >= 15 is 0 Å². The van der Waals surface area contributed by atoms with Gasteiger partial charge in [0.15, 0.2) is 29.7 Å². The van der Waals surface area contributed by atoms with Crippen molar-refractivity contribution in [3.05, 3.63) is 40.6 Å². The maximum Gasteiger partial charge on any atom is 0.239 e. The molecule has 0 amide bonds. The molecule has 2 aromatic carbocycles. The molecule has 3 saturated heterocycles. The molecule has 3 aliphatic heterocycles. The summed E-state index contributed by atoms with van der Waals surface area (Å²) in [7, 11) is 0. The van der Waals surface area contributed by atoms with Gasteiger partial charge >= 0.3 is 0 Å². The highest BCUT2D eigenvalue weighted by molar-refractivity contribution is 5.88. The Kier molecular flexibility index (Phi) is 10.8. The Morgan fingerprint density at radius 2 is 1.44 bits per heavy atom. The molecule has 0 spiro atoms. The van der Waals surface area contributed by atoms with E-state index in [1.54, 1.807) is 0 Å². The van der Waals surface area contributed by atoms with Crippen molar-refractivity contribution in [1.82, 2.24) is 0 Å². The smallest absolute Gasteiger partial charge is 0.239 e. The SMILES string of the molecule is C[C@@H]1O[C@@H](Oc2cc(O)c3c(=O)c(O[C@@H]4O[C@H](CO)[C@@H](O)[C@@H](O)[C@@H]4O[C@H]4OC[C@H](O)[C@H](O)[C@@H]4O)c(-c4ccc(O)c(O)c4)oc3c2)[C@@H](O)[C@@H](O)[C@H]1O. The summed E-state index contributed by atoms with van der Waals surface area (Å²) in [4.78, 5) is 14.2. The molecule has 0 radical (unpaired) electrons. The van der Waals surface area contributed by atoms with E-state index in [1.807, 2.05) is 0 Å². The maximum absolute atomic E-state index is 14.2. The number of fused-ring (bicyclic) bond motifs is 1. The Bertz CT molecular complexity index is 1800. The molecule has 14 atom stereocenters. The molecule has 20 nitrogen and oxygen atoms in total. The molecule has 0 unspecified atom stereocenters. The van der Waals surface area contributed by atoms with Crippen molar-refractivity contribution in [3.63, 3.8) is 0 Å². The van der Waals surface area contributed by atoms with Crippen LogP contribution in [-0.4, -0.2) is 161 Å². The van der Waals surface area contributed by atoms with Crippen LogP contribution in [-0.2, 0) is 18.9 Å². The van der Waals surface area contributed by atoms with Gasteiger partial charge in [-0.25, -0.2) is 0 Å². The Morgan fingerprint density at radius 3 is 2.13 bits per heavy atom. The van der Waals surface area contributed by atoms with Crippen LogP contribution in [0.5, 0.6) is 28.7 Å². The predicted molar refractivity (Wildman–Crippen MR) is 167 cm³/mol. The fourth-order valence-electron chi connectivity index (χ4n) is 6.00. The first-order valence-corrected chi connectivity index (χ1v) is 15.9. The molecule has 52 heavy (non-hydrogen) atoms. The van der Waals surface area contributed by atoms with Gasteiger partial charge in [-0.15, -0.1) is 0 Å². The Balaban J connectivity index is 1.43. The Labute approximate surface area is 292 Å². The number of rotatable bonds is 8. The zero-order valence-corrected chi connectivity index (χ0v) is 27.0. The van der Waals surface area contributed by atoms with Gasteiger partial charge < -0.3 is 94.1 Å². The molecule has 3 aliphatic rings. The van der Waals surface area contributed by atoms with E-state index in [4.69, 9.17) is 32.8 Å². The number of phenolic OH excluding ortho intramolecular Hbond substituents is 3. The number of hydrogen-bond acceptors (Lipinski definition) is 20. The quantitative estimate of drug-likeness (QED) is 0.0993. The summed E-state index contributed by atoms with van der Waals surface area (Å²) in [5.41, 5.74) is -1.59. The zero-order chi connectivity index (χ0) is 37.8. The predicted octanol–water partition coefficient (Wildman–Crippen LogP) is -3.57. The largest absolute Gasteiger partial charge is 0.507 e. The van der Waals surface area contributed by atoms with Crippen molar-refractivity contribution in [3.8, 4) is 40.1 Å². The fraction of sp³-hybridized carbons (Fsp3) is 0.531. The number of hydrogen-bond donors (Lipinski definition) is 12. The summed E-state index contributed by atoms with van der Waals surface area (Å²) in [6.45, 7) is 0.0299. The van der Waals surface area contributed by atoms with Crippen LogP contribution in [0.4, 0.5) is 0 Å². The van der Waals surface area contributed by atoms with E-state index in [1.165, 1.54) is 13.0 Å². The van der Waals surface area contributed by atoms with Crippen LogP contribution in [0.15, 0.2) is 39.5 Å². The second-order valence-corrected chi connectivity index (χ2v) is 12.6. The summed E-state index contributed by atoms with van der Waals surface area (Å²) in [6, 6.07) is 5.28. The van der Waals surface area contributed by atoms with Crippen molar-refractivity contribution < 1.29 is 94.1 Å². The zero-order valence-electron chi connectivity index (χ0n) is 27.0. The van der Waals surface area contributed by atoms with Crippen molar-refractivity contribution >= 4 is 11.0 Å². The van der Waals surface area contributed by atoms with Gasteiger partial charge in [0.25, 0.3) is 0 Å². The molecule has 0 saturated carbocycles. The summed E-state index contributed by atoms with van der Waals surface area (Å²) in [5.74, 6) is -3.48. The summed E-state index contributed by atoms with van der Waals surface area (Å²) < 4.78 is 39.5. The minimum absolute atomic E-state index is 0.109. The van der Waals surface area contributed by atoms with Gasteiger partial charge in [0, 0.05) is 17.7 Å². The van der Waals surface area contributed by atoms with Crippen molar-refractivity contribution in [2.75, 3.05) is 13.2 Å². The summed E-state index contributed by atoms with van der Waals surface area (Å²) in [5, 5.41) is 123. The lowest BCUT2D eigenvalue weighted by Gasteiger charge is -2.44. The molecule has 1 aromatic heterocycles. The van der Waals surface area contributed by atoms with Crippen molar-refractivity contribution in [1.29, 1.82) is 0 Å². The highest BCUT2D eigenvalue weighted by Crippen LogP contribution is 2.40. The molecule has 20 heteroatoms. The molecular formula is C32H38O20. The highest BCUT2D eigenvalue weighted by Gasteiger charge is 2.50. The molecule has 0 aliphatic carbocycles. The molecule has 3 fully saturated rings. The van der Waals surface area contributed by atoms with Crippen molar-refractivity contribution in [2.24, 2.45) is 0 Å². The minimum Gasteiger partial charge on any atom is -0.507 e. The highest BCUT2D eigenvalue weighted by atomic mass is 16.8. The number of aliphatic hydroxyl groups is 9. The first kappa shape index (κ1) is 37.9. The van der Waals surface area contributed by atoms with Gasteiger partial charge in [-0.1, -0.05) is 0 Å². The Morgan fingerprint density at radius 1 is 0.731 bits per heavy atom. The molecule has 12 N–H and O–H groups in total. The van der Waals surface area contributed by atoms with E-state index in [9.17, 15) is 66.1 Å². The first-order valence-electron chi connectivity index (χ1n) is 15.9. The Hall–Kier alpha value is -3.87. The van der Waals surface area contributed by atoms with Crippen LogP contribution in [0.3, 0.4) is 0 Å². The third-order valence-corrected chi connectivity index (χ3v) is 9.01. The lowest BCUT2D eigenvalue weighted by atomic mass is 9.98. The average Bonchev–Trinajstić information content (AvgIpc) is 3.11. The van der Waals surface area contributed by atoms with E-state index in [-0.39, 0.29) is 16.9 Å². The maximum atomic E-state index is 14.2. The number of aromatic hydroxyl groups is 3. The van der Waals surface area contributed by atoms with Gasteiger partial charge in [0.1, 0.15) is 77.4 Å². The molecule has 6 rings (SSSR count). The molecular weight excluding hydrogens is 704 g/mol. The van der Waals surface area contributed by atoms with Crippen LogP contribution in [0, 0.1) is 0 Å².